The molecule has 0 aromatic carbocycles. The van der Waals surface area contributed by atoms with Crippen LogP contribution in [0.1, 0.15) is 219 Å². The maximum Gasteiger partial charge on any atom is 0.306 e. The Bertz CT molecular complexity index is 523. The molecule has 258 valence electrons. The molecule has 0 saturated heterocycles. The minimum Gasteiger partial charge on any atom is -0.457 e. The largest absolute Gasteiger partial charge is 0.457 e. The van der Waals surface area contributed by atoms with Gasteiger partial charge in [0.25, 0.3) is 0 Å². The fraction of sp³-hybridized carbons (Fsp3) is 0.974. The van der Waals surface area contributed by atoms with Crippen molar-refractivity contribution in [3.8, 4) is 0 Å². The first-order chi connectivity index (χ1) is 21.2. The zero-order chi connectivity index (χ0) is 31.3. The van der Waals surface area contributed by atoms with Gasteiger partial charge in [-0.25, -0.2) is 0 Å². The number of esters is 1. The van der Waals surface area contributed by atoms with Crippen LogP contribution in [0.3, 0.4) is 0 Å². The van der Waals surface area contributed by atoms with Gasteiger partial charge in [-0.2, -0.15) is 0 Å². The summed E-state index contributed by atoms with van der Waals surface area (Å²) in [6.45, 7) is 5.39. The van der Waals surface area contributed by atoms with Crippen LogP contribution in [0.2, 0.25) is 0 Å². The molecule has 1 atom stereocenters. The Hall–Kier alpha value is -0.610. The highest BCUT2D eigenvalue weighted by atomic mass is 16.6. The van der Waals surface area contributed by atoms with Crippen LogP contribution in [0.5, 0.6) is 0 Å². The fourth-order valence-electron chi connectivity index (χ4n) is 5.98. The monoisotopic (exact) mass is 611 g/mol. The Morgan fingerprint density at radius 1 is 0.465 bits per heavy atom. The van der Waals surface area contributed by atoms with Crippen LogP contribution in [0.25, 0.3) is 0 Å². The molecule has 0 aromatic rings. The van der Waals surface area contributed by atoms with Crippen molar-refractivity contribution in [2.45, 2.75) is 225 Å². The predicted molar refractivity (Wildman–Crippen MR) is 187 cm³/mol. The maximum atomic E-state index is 12.2. The third-order valence-corrected chi connectivity index (χ3v) is 8.93. The second kappa shape index (κ2) is 37.6. The molecule has 0 amide bonds. The van der Waals surface area contributed by atoms with Crippen molar-refractivity contribution in [1.29, 1.82) is 0 Å². The van der Waals surface area contributed by atoms with E-state index >= 15 is 0 Å². The normalized spacial score (nSPS) is 12.2. The van der Waals surface area contributed by atoms with Crippen molar-refractivity contribution < 1.29 is 19.4 Å². The van der Waals surface area contributed by atoms with Gasteiger partial charge in [-0.05, 0) is 12.8 Å². The lowest BCUT2D eigenvalue weighted by atomic mass is 10.0. The Labute approximate surface area is 270 Å². The van der Waals surface area contributed by atoms with Gasteiger partial charge in [0, 0.05) is 13.0 Å². The topological polar surface area (TPSA) is 55.8 Å². The number of rotatable bonds is 37. The average molecular weight is 611 g/mol. The summed E-state index contributed by atoms with van der Waals surface area (Å²) in [4.78, 5) is 12.2. The van der Waals surface area contributed by atoms with Crippen molar-refractivity contribution in [1.82, 2.24) is 0 Å². The van der Waals surface area contributed by atoms with Crippen molar-refractivity contribution in [3.05, 3.63) is 0 Å². The van der Waals surface area contributed by atoms with Crippen LogP contribution in [-0.4, -0.2) is 37.0 Å². The molecule has 0 rings (SSSR count). The summed E-state index contributed by atoms with van der Waals surface area (Å²) in [5.41, 5.74) is 0. The number of aliphatic hydroxyl groups is 1. The average Bonchev–Trinajstić information content (AvgIpc) is 3.01. The quantitative estimate of drug-likeness (QED) is 0.0561. The van der Waals surface area contributed by atoms with E-state index in [2.05, 4.69) is 13.8 Å². The third kappa shape index (κ3) is 35.7. The molecule has 0 aliphatic rings. The minimum absolute atomic E-state index is 0.163. The van der Waals surface area contributed by atoms with Gasteiger partial charge in [0.15, 0.2) is 0 Å². The molecule has 1 unspecified atom stereocenters. The van der Waals surface area contributed by atoms with Crippen LogP contribution in [0.15, 0.2) is 0 Å². The smallest absolute Gasteiger partial charge is 0.306 e. The first-order valence-corrected chi connectivity index (χ1v) is 19.6. The Balaban J connectivity index is 3.36. The molecule has 0 aliphatic carbocycles. The highest BCUT2D eigenvalue weighted by molar-refractivity contribution is 5.69. The molecule has 0 aliphatic heterocycles. The summed E-state index contributed by atoms with van der Waals surface area (Å²) in [7, 11) is 0. The van der Waals surface area contributed by atoms with E-state index in [0.29, 0.717) is 19.6 Å². The van der Waals surface area contributed by atoms with E-state index in [1.807, 2.05) is 0 Å². The summed E-state index contributed by atoms with van der Waals surface area (Å²) < 4.78 is 11.1. The molecule has 0 saturated carbocycles. The molecular weight excluding hydrogens is 532 g/mol. The number of unbranched alkanes of at least 4 members (excludes halogenated alkanes) is 29. The van der Waals surface area contributed by atoms with Gasteiger partial charge in [-0.15, -0.1) is 0 Å². The summed E-state index contributed by atoms with van der Waals surface area (Å²) in [5.74, 6) is -0.194. The van der Waals surface area contributed by atoms with Gasteiger partial charge < -0.3 is 14.6 Å². The van der Waals surface area contributed by atoms with Crippen molar-refractivity contribution in [2.75, 3.05) is 19.8 Å². The van der Waals surface area contributed by atoms with E-state index in [1.165, 1.54) is 180 Å². The molecule has 4 nitrogen and oxygen atoms in total. The molecule has 0 fully saturated rings. The fourth-order valence-corrected chi connectivity index (χ4v) is 5.98. The zero-order valence-electron chi connectivity index (χ0n) is 29.5. The van der Waals surface area contributed by atoms with E-state index in [1.54, 1.807) is 0 Å². The first kappa shape index (κ1) is 42.4. The van der Waals surface area contributed by atoms with Gasteiger partial charge in [0.2, 0.25) is 0 Å². The van der Waals surface area contributed by atoms with E-state index in [-0.39, 0.29) is 12.6 Å². The summed E-state index contributed by atoms with van der Waals surface area (Å²) >= 11 is 0. The molecule has 1 N–H and O–H groups in total. The first-order valence-electron chi connectivity index (χ1n) is 19.6. The van der Waals surface area contributed by atoms with Gasteiger partial charge in [0.1, 0.15) is 6.10 Å². The minimum atomic E-state index is -0.523. The molecule has 0 bridgehead atoms. The molecule has 43 heavy (non-hydrogen) atoms. The number of hydrogen-bond acceptors (Lipinski definition) is 4. The molecule has 4 heteroatoms. The van der Waals surface area contributed by atoms with Gasteiger partial charge in [-0.1, -0.05) is 200 Å². The maximum absolute atomic E-state index is 12.2. The highest BCUT2D eigenvalue weighted by Gasteiger charge is 2.13. The van der Waals surface area contributed by atoms with Crippen LogP contribution in [-0.2, 0) is 14.3 Å². The number of carbonyl (C=O) groups excluding carboxylic acids is 1. The summed E-state index contributed by atoms with van der Waals surface area (Å²) in [6.07, 6.45) is 41.5. The van der Waals surface area contributed by atoms with Gasteiger partial charge in [0.05, 0.1) is 13.2 Å². The number of carbonyl (C=O) groups is 1. The van der Waals surface area contributed by atoms with Crippen LogP contribution in [0.4, 0.5) is 0 Å². The molecule has 0 heterocycles. The Morgan fingerprint density at radius 2 is 0.767 bits per heavy atom. The SMILES string of the molecule is CCCCCCCCCCCCCCCCCCCCC(=O)OC(CO)COCCCCCCCCCCCCCCC. The molecule has 0 spiro atoms. The lowest BCUT2D eigenvalue weighted by Gasteiger charge is -2.16. The van der Waals surface area contributed by atoms with Crippen molar-refractivity contribution in [3.63, 3.8) is 0 Å². The zero-order valence-corrected chi connectivity index (χ0v) is 29.5. The standard InChI is InChI=1S/C39H78O4/c1-3-5-7-9-11-13-15-17-18-19-20-21-22-24-26-28-30-32-34-39(41)43-38(36-40)37-42-35-33-31-29-27-25-23-16-14-12-10-8-6-4-2/h38,40H,3-37H2,1-2H3. The van der Waals surface area contributed by atoms with Crippen LogP contribution < -0.4 is 0 Å². The third-order valence-electron chi connectivity index (χ3n) is 8.93. The Morgan fingerprint density at radius 3 is 1.09 bits per heavy atom. The highest BCUT2D eigenvalue weighted by Crippen LogP contribution is 2.15. The van der Waals surface area contributed by atoms with Crippen molar-refractivity contribution >= 4 is 5.97 Å². The number of hydrogen-bond donors (Lipinski definition) is 1. The van der Waals surface area contributed by atoms with E-state index in [4.69, 9.17) is 9.47 Å². The van der Waals surface area contributed by atoms with Crippen LogP contribution >= 0.6 is 0 Å². The predicted octanol–water partition coefficient (Wildman–Crippen LogP) is 12.4. The van der Waals surface area contributed by atoms with E-state index in [0.717, 1.165) is 19.3 Å². The summed E-state index contributed by atoms with van der Waals surface area (Å²) in [5, 5.41) is 9.56. The number of aliphatic hydroxyl groups excluding tert-OH is 1. The van der Waals surface area contributed by atoms with Crippen LogP contribution in [0, 0.1) is 0 Å². The lowest BCUT2D eigenvalue weighted by Crippen LogP contribution is -2.27. The summed E-state index contributed by atoms with van der Waals surface area (Å²) in [6, 6.07) is 0. The van der Waals surface area contributed by atoms with Crippen molar-refractivity contribution in [2.24, 2.45) is 0 Å². The van der Waals surface area contributed by atoms with E-state index < -0.39 is 6.10 Å². The molecule has 0 aromatic heterocycles. The van der Waals surface area contributed by atoms with E-state index in [9.17, 15) is 9.90 Å². The van der Waals surface area contributed by atoms with Gasteiger partial charge in [-0.3, -0.25) is 4.79 Å². The second-order valence-electron chi connectivity index (χ2n) is 13.4. The molecular formula is C39H78O4. The number of ether oxygens (including phenoxy) is 2. The Kier molecular flexibility index (Phi) is 37.0. The van der Waals surface area contributed by atoms with Gasteiger partial charge >= 0.3 is 5.97 Å². The lowest BCUT2D eigenvalue weighted by molar-refractivity contribution is -0.154. The molecule has 0 radical (unpaired) electrons. The second-order valence-corrected chi connectivity index (χ2v) is 13.4.